The average Bonchev–Trinajstić information content (AvgIpc) is 2.91. The van der Waals surface area contributed by atoms with E-state index in [1.54, 1.807) is 23.1 Å². The fourth-order valence-corrected chi connectivity index (χ4v) is 3.29. The highest BCUT2D eigenvalue weighted by atomic mass is 35.5. The summed E-state index contributed by atoms with van der Waals surface area (Å²) in [5.74, 6) is 0. The Hall–Kier alpha value is -0.820. The van der Waals surface area contributed by atoms with Gasteiger partial charge in [0.05, 0.1) is 12.1 Å². The number of aryl methyl sites for hydroxylation is 1. The van der Waals surface area contributed by atoms with Crippen LogP contribution in [0.25, 0.3) is 15.5 Å². The second-order valence-electron chi connectivity index (χ2n) is 3.72. The van der Waals surface area contributed by atoms with Crippen molar-refractivity contribution >= 4 is 39.7 Å². The molecule has 0 amide bonds. The van der Waals surface area contributed by atoms with Gasteiger partial charge in [-0.05, 0) is 29.7 Å². The van der Waals surface area contributed by atoms with Crippen molar-refractivity contribution in [3.8, 4) is 10.6 Å². The lowest BCUT2D eigenvalue weighted by Gasteiger charge is -1.93. The molecule has 0 fully saturated rings. The molecule has 1 aromatic carbocycles. The minimum atomic E-state index is 0. The number of hydrogen-bond acceptors (Lipinski definition) is 4. The molecule has 100 valence electrons. The predicted molar refractivity (Wildman–Crippen MR) is 74.3 cm³/mol. The summed E-state index contributed by atoms with van der Waals surface area (Å²) >= 11 is 9.09. The molecule has 8 heteroatoms. The summed E-state index contributed by atoms with van der Waals surface area (Å²) < 4.78 is 3.72. The van der Waals surface area contributed by atoms with Gasteiger partial charge < -0.3 is 12.4 Å². The van der Waals surface area contributed by atoms with Gasteiger partial charge in [-0.15, -0.1) is 0 Å². The second-order valence-corrected chi connectivity index (χ2v) is 5.88. The zero-order chi connectivity index (χ0) is 12.7. The molecule has 0 bridgehead atoms. The van der Waals surface area contributed by atoms with Crippen LogP contribution in [0.1, 0.15) is 0 Å². The lowest BCUT2D eigenvalue weighted by atomic mass is 10.2. The van der Waals surface area contributed by atoms with Crippen molar-refractivity contribution in [1.29, 1.82) is 0 Å². The van der Waals surface area contributed by atoms with Gasteiger partial charge in [-0.3, -0.25) is 0 Å². The predicted octanol–water partition coefficient (Wildman–Crippen LogP) is -0.338. The Morgan fingerprint density at radius 3 is 2.63 bits per heavy atom. The van der Waals surface area contributed by atoms with E-state index >= 15 is 0 Å². The van der Waals surface area contributed by atoms with E-state index in [1.165, 1.54) is 0 Å². The van der Waals surface area contributed by atoms with Crippen molar-refractivity contribution in [2.24, 2.45) is 7.05 Å². The molecule has 0 radical (unpaired) electrons. The molecule has 0 spiro atoms. The van der Waals surface area contributed by atoms with Crippen LogP contribution in [-0.2, 0) is 7.05 Å². The first kappa shape index (κ1) is 14.6. The van der Waals surface area contributed by atoms with Crippen LogP contribution in [0.5, 0.6) is 0 Å². The van der Waals surface area contributed by atoms with Crippen LogP contribution >= 0.6 is 34.7 Å². The Morgan fingerprint density at radius 2 is 2.00 bits per heavy atom. The Kier molecular flexibility index (Phi) is 4.35. The molecule has 0 N–H and O–H groups in total. The molecular formula is C11H10Cl2N4S2. The van der Waals surface area contributed by atoms with E-state index in [-0.39, 0.29) is 12.4 Å². The van der Waals surface area contributed by atoms with Crippen molar-refractivity contribution < 1.29 is 16.9 Å². The van der Waals surface area contributed by atoms with E-state index < -0.39 is 0 Å². The lowest BCUT2D eigenvalue weighted by molar-refractivity contribution is -0.616. The van der Waals surface area contributed by atoms with Crippen LogP contribution in [0.3, 0.4) is 0 Å². The molecule has 0 aliphatic rings. The number of aromatic nitrogens is 4. The fourth-order valence-electron chi connectivity index (χ4n) is 1.66. The topological polar surface area (TPSA) is 34.8 Å². The van der Waals surface area contributed by atoms with Gasteiger partial charge in [0.1, 0.15) is 0 Å². The Bertz CT molecular complexity index is 705. The molecule has 0 saturated heterocycles. The van der Waals surface area contributed by atoms with E-state index in [0.29, 0.717) is 0 Å². The largest absolute Gasteiger partial charge is 1.00 e. The molecule has 4 nitrogen and oxygen atoms in total. The van der Waals surface area contributed by atoms with E-state index in [1.807, 2.05) is 46.8 Å². The third kappa shape index (κ3) is 2.58. The summed E-state index contributed by atoms with van der Waals surface area (Å²) in [4.78, 5) is 1.02. The van der Waals surface area contributed by atoms with Gasteiger partial charge >= 0.3 is 10.1 Å². The van der Waals surface area contributed by atoms with Gasteiger partial charge in [0, 0.05) is 10.6 Å². The van der Waals surface area contributed by atoms with Gasteiger partial charge in [0.15, 0.2) is 5.01 Å². The SMILES string of the molecule is CSc1nn(C)c2sc(-c3ccc(Cl)cc3)n[n+]12.[Cl-]. The number of nitrogens with zero attached hydrogens (tertiary/aromatic N) is 4. The molecule has 0 saturated carbocycles. The third-order valence-electron chi connectivity index (χ3n) is 2.53. The van der Waals surface area contributed by atoms with Gasteiger partial charge in [0.2, 0.25) is 0 Å². The molecule has 0 aliphatic heterocycles. The number of halogens is 2. The van der Waals surface area contributed by atoms with Crippen molar-refractivity contribution in [2.75, 3.05) is 6.26 Å². The van der Waals surface area contributed by atoms with Gasteiger partial charge in [-0.2, -0.15) is 0 Å². The van der Waals surface area contributed by atoms with E-state index in [2.05, 4.69) is 10.2 Å². The first-order chi connectivity index (χ1) is 8.69. The Balaban J connectivity index is 0.00000133. The molecular weight excluding hydrogens is 323 g/mol. The molecule has 2 aromatic heterocycles. The van der Waals surface area contributed by atoms with E-state index in [9.17, 15) is 0 Å². The summed E-state index contributed by atoms with van der Waals surface area (Å²) in [5, 5.41) is 11.6. The van der Waals surface area contributed by atoms with Crippen molar-refractivity contribution in [2.45, 2.75) is 5.16 Å². The Labute approximate surface area is 129 Å². The highest BCUT2D eigenvalue weighted by Gasteiger charge is 2.22. The first-order valence-electron chi connectivity index (χ1n) is 5.25. The lowest BCUT2D eigenvalue weighted by Crippen LogP contribution is -3.00. The van der Waals surface area contributed by atoms with Crippen LogP contribution in [0.4, 0.5) is 0 Å². The average molecular weight is 333 g/mol. The maximum atomic E-state index is 5.89. The Morgan fingerprint density at radius 1 is 1.32 bits per heavy atom. The maximum absolute atomic E-state index is 5.89. The molecule has 0 atom stereocenters. The summed E-state index contributed by atoms with van der Waals surface area (Å²) in [5.41, 5.74) is 1.07. The van der Waals surface area contributed by atoms with Crippen LogP contribution in [0.15, 0.2) is 29.4 Å². The van der Waals surface area contributed by atoms with Gasteiger partial charge in [-0.25, -0.2) is 0 Å². The highest BCUT2D eigenvalue weighted by Crippen LogP contribution is 2.25. The van der Waals surface area contributed by atoms with Crippen molar-refractivity contribution in [3.63, 3.8) is 0 Å². The normalized spacial score (nSPS) is 10.7. The van der Waals surface area contributed by atoms with Crippen LogP contribution < -0.4 is 16.9 Å². The number of benzene rings is 1. The smallest absolute Gasteiger partial charge is 0.361 e. The number of fused-ring (bicyclic) bond motifs is 1. The van der Waals surface area contributed by atoms with E-state index in [4.69, 9.17) is 11.6 Å². The summed E-state index contributed by atoms with van der Waals surface area (Å²) in [6.45, 7) is 0. The van der Waals surface area contributed by atoms with E-state index in [0.717, 1.165) is 25.7 Å². The fraction of sp³-hybridized carbons (Fsp3) is 0.182. The second kappa shape index (κ2) is 5.66. The number of thioether (sulfide) groups is 1. The highest BCUT2D eigenvalue weighted by molar-refractivity contribution is 7.98. The number of hydrogen-bond donors (Lipinski definition) is 0. The molecule has 2 heterocycles. The maximum Gasteiger partial charge on any atom is 0.361 e. The zero-order valence-electron chi connectivity index (χ0n) is 10.2. The third-order valence-corrected chi connectivity index (χ3v) is 4.53. The standard InChI is InChI=1S/C11H10ClN4S2.ClH/c1-15-11-16(10(14-15)17-2)13-9(18-11)7-3-5-8(12)6-4-7;/h3-6H,1-2H3;1H/q+1;/p-1. The van der Waals surface area contributed by atoms with Crippen molar-refractivity contribution in [1.82, 2.24) is 14.9 Å². The minimum Gasteiger partial charge on any atom is -1.00 e. The quantitative estimate of drug-likeness (QED) is 0.476. The monoisotopic (exact) mass is 332 g/mol. The molecule has 0 unspecified atom stereocenters. The number of rotatable bonds is 2. The molecule has 3 rings (SSSR count). The van der Waals surface area contributed by atoms with Gasteiger partial charge in [-0.1, -0.05) is 49.8 Å². The van der Waals surface area contributed by atoms with Crippen LogP contribution in [0, 0.1) is 0 Å². The summed E-state index contributed by atoms with van der Waals surface area (Å²) in [6.07, 6.45) is 2.00. The van der Waals surface area contributed by atoms with Gasteiger partial charge in [0.25, 0.3) is 0 Å². The summed E-state index contributed by atoms with van der Waals surface area (Å²) in [7, 11) is 1.93. The van der Waals surface area contributed by atoms with Crippen LogP contribution in [0.2, 0.25) is 5.02 Å². The zero-order valence-corrected chi connectivity index (χ0v) is 13.3. The molecule has 19 heavy (non-hydrogen) atoms. The molecule has 0 aliphatic carbocycles. The van der Waals surface area contributed by atoms with Crippen LogP contribution in [-0.4, -0.2) is 21.1 Å². The minimum absolute atomic E-state index is 0. The van der Waals surface area contributed by atoms with Crippen molar-refractivity contribution in [3.05, 3.63) is 29.3 Å². The first-order valence-corrected chi connectivity index (χ1v) is 7.67. The summed E-state index contributed by atoms with van der Waals surface area (Å²) in [6, 6.07) is 7.71. The molecule has 3 aromatic rings.